The van der Waals surface area contributed by atoms with Crippen LogP contribution in [0, 0.1) is 5.82 Å². The summed E-state index contributed by atoms with van der Waals surface area (Å²) in [6, 6.07) is 9.75. The van der Waals surface area contributed by atoms with Crippen molar-refractivity contribution in [3.05, 3.63) is 59.4 Å². The highest BCUT2D eigenvalue weighted by molar-refractivity contribution is 7.85. The predicted octanol–water partition coefficient (Wildman–Crippen LogP) is 0.930. The van der Waals surface area contributed by atoms with Crippen molar-refractivity contribution in [3.63, 3.8) is 0 Å². The third-order valence-corrected chi connectivity index (χ3v) is 6.96. The maximum Gasteiger partial charge on any atom is 0.294 e. The standard InChI is InChI=1S/C17H19FN4O3.C6H6O3S/c18-12-8-11-10(7-14(12)21-5-3-19-4-6-21)9-22(17(11)25)13-1-2-15(23)20-16(13)24;7-10(8,9)6-4-2-1-3-5-6/h7-8,13,19H,1-6,9H2,(H,20,23,24);1-5H,(H,7,8,9)/t13-;/m0./s1. The normalized spacial score (nSPS) is 20.2. The molecule has 12 heteroatoms. The Hall–Kier alpha value is -3.35. The van der Waals surface area contributed by atoms with Crippen LogP contribution in [0.1, 0.15) is 28.8 Å². The van der Waals surface area contributed by atoms with Gasteiger partial charge in [0.05, 0.1) is 10.6 Å². The second-order valence-corrected chi connectivity index (χ2v) is 9.81. The van der Waals surface area contributed by atoms with Gasteiger partial charge in [-0.15, -0.1) is 0 Å². The first-order valence-corrected chi connectivity index (χ1v) is 12.5. The number of piperazine rings is 1. The monoisotopic (exact) mass is 504 g/mol. The van der Waals surface area contributed by atoms with Gasteiger partial charge in [-0.25, -0.2) is 4.39 Å². The van der Waals surface area contributed by atoms with Gasteiger partial charge in [0.2, 0.25) is 11.8 Å². The summed E-state index contributed by atoms with van der Waals surface area (Å²) in [5.41, 5.74) is 1.53. The van der Waals surface area contributed by atoms with Crippen molar-refractivity contribution in [1.82, 2.24) is 15.5 Å². The molecule has 2 saturated heterocycles. The van der Waals surface area contributed by atoms with Gasteiger partial charge in [-0.3, -0.25) is 24.3 Å². The van der Waals surface area contributed by atoms with E-state index in [1.54, 1.807) is 24.3 Å². The second kappa shape index (κ2) is 10.1. The van der Waals surface area contributed by atoms with Gasteiger partial charge in [0.15, 0.2) is 0 Å². The number of rotatable bonds is 3. The molecule has 3 N–H and O–H groups in total. The van der Waals surface area contributed by atoms with Crippen molar-refractivity contribution in [3.8, 4) is 0 Å². The molecule has 0 bridgehead atoms. The summed E-state index contributed by atoms with van der Waals surface area (Å²) in [6.07, 6.45) is 0.508. The van der Waals surface area contributed by atoms with Crippen LogP contribution in [-0.4, -0.2) is 67.8 Å². The number of piperidine rings is 1. The fourth-order valence-corrected chi connectivity index (χ4v) is 4.82. The van der Waals surface area contributed by atoms with Crippen molar-refractivity contribution in [2.45, 2.75) is 30.3 Å². The minimum absolute atomic E-state index is 0.0741. The van der Waals surface area contributed by atoms with Crippen molar-refractivity contribution in [2.24, 2.45) is 0 Å². The highest BCUT2D eigenvalue weighted by Crippen LogP contribution is 2.32. The molecule has 0 aromatic heterocycles. The van der Waals surface area contributed by atoms with Crippen LogP contribution in [-0.2, 0) is 26.3 Å². The molecule has 0 saturated carbocycles. The van der Waals surface area contributed by atoms with Crippen LogP contribution < -0.4 is 15.5 Å². The van der Waals surface area contributed by atoms with Crippen LogP contribution in [0.25, 0.3) is 0 Å². The molecule has 35 heavy (non-hydrogen) atoms. The molecule has 2 aromatic carbocycles. The van der Waals surface area contributed by atoms with E-state index in [2.05, 4.69) is 10.6 Å². The van der Waals surface area contributed by atoms with Crippen molar-refractivity contribution in [1.29, 1.82) is 0 Å². The Morgan fingerprint density at radius 3 is 2.31 bits per heavy atom. The Morgan fingerprint density at radius 2 is 1.71 bits per heavy atom. The topological polar surface area (TPSA) is 136 Å². The lowest BCUT2D eigenvalue weighted by Crippen LogP contribution is -2.52. The Bertz CT molecular complexity index is 1250. The van der Waals surface area contributed by atoms with Gasteiger partial charge in [0.1, 0.15) is 11.9 Å². The van der Waals surface area contributed by atoms with Gasteiger partial charge in [0.25, 0.3) is 16.0 Å². The fourth-order valence-electron chi connectivity index (χ4n) is 4.32. The molecule has 5 rings (SSSR count). The summed E-state index contributed by atoms with van der Waals surface area (Å²) in [5.74, 6) is -1.55. The summed E-state index contributed by atoms with van der Waals surface area (Å²) in [5, 5.41) is 5.49. The van der Waals surface area contributed by atoms with E-state index < -0.39 is 27.9 Å². The van der Waals surface area contributed by atoms with Crippen LogP contribution >= 0.6 is 0 Å². The lowest BCUT2D eigenvalue weighted by Gasteiger charge is -2.30. The minimum atomic E-state index is -4.00. The fraction of sp³-hybridized carbons (Fsp3) is 0.348. The number of benzene rings is 2. The molecule has 10 nitrogen and oxygen atoms in total. The SMILES string of the molecule is O=C1CC[C@H](N2Cc3cc(N4CCNCC4)c(F)cc3C2=O)C(=O)N1.O=S(=O)(O)c1ccccc1. The first-order chi connectivity index (χ1) is 16.6. The van der Waals surface area contributed by atoms with E-state index in [4.69, 9.17) is 4.55 Å². The molecule has 0 unspecified atom stereocenters. The molecule has 3 aliphatic heterocycles. The average Bonchev–Trinajstić information content (AvgIpc) is 3.15. The van der Waals surface area contributed by atoms with Gasteiger partial charge in [0, 0.05) is 44.7 Å². The number of anilines is 1. The minimum Gasteiger partial charge on any atom is -0.367 e. The lowest BCUT2D eigenvalue weighted by atomic mass is 10.0. The number of carbonyl (C=O) groups excluding carboxylic acids is 3. The molecule has 3 amide bonds. The summed E-state index contributed by atoms with van der Waals surface area (Å²) in [7, 11) is -4.00. The highest BCUT2D eigenvalue weighted by Gasteiger charge is 2.39. The van der Waals surface area contributed by atoms with Crippen molar-refractivity contribution in [2.75, 3.05) is 31.1 Å². The first-order valence-electron chi connectivity index (χ1n) is 11.1. The van der Waals surface area contributed by atoms with Crippen LogP contribution in [0.4, 0.5) is 10.1 Å². The Kier molecular flexibility index (Phi) is 7.15. The number of nitrogens with zero attached hydrogens (tertiary/aromatic N) is 2. The van der Waals surface area contributed by atoms with E-state index in [0.29, 0.717) is 30.8 Å². The molecule has 0 radical (unpaired) electrons. The summed E-state index contributed by atoms with van der Waals surface area (Å²) in [4.78, 5) is 39.3. The summed E-state index contributed by atoms with van der Waals surface area (Å²) < 4.78 is 43.8. The number of hydrogen-bond acceptors (Lipinski definition) is 7. The van der Waals surface area contributed by atoms with Gasteiger partial charge >= 0.3 is 0 Å². The molecule has 0 aliphatic carbocycles. The second-order valence-electron chi connectivity index (χ2n) is 8.39. The molecule has 2 aromatic rings. The number of hydrogen-bond donors (Lipinski definition) is 3. The number of imide groups is 1. The van der Waals surface area contributed by atoms with Crippen LogP contribution in [0.2, 0.25) is 0 Å². The van der Waals surface area contributed by atoms with E-state index in [9.17, 15) is 27.2 Å². The number of carbonyl (C=O) groups is 3. The molecular weight excluding hydrogens is 479 g/mol. The number of halogens is 1. The highest BCUT2D eigenvalue weighted by atomic mass is 32.2. The zero-order valence-electron chi connectivity index (χ0n) is 18.7. The Morgan fingerprint density at radius 1 is 1.03 bits per heavy atom. The largest absolute Gasteiger partial charge is 0.367 e. The van der Waals surface area contributed by atoms with Gasteiger partial charge in [-0.1, -0.05) is 18.2 Å². The lowest BCUT2D eigenvalue weighted by molar-refractivity contribution is -0.136. The molecular formula is C23H25FN4O6S. The summed E-state index contributed by atoms with van der Waals surface area (Å²) in [6.45, 7) is 3.26. The molecule has 2 fully saturated rings. The van der Waals surface area contributed by atoms with Crippen molar-refractivity contribution >= 4 is 33.5 Å². The molecule has 3 aliphatic rings. The molecule has 0 spiro atoms. The third kappa shape index (κ3) is 5.50. The van der Waals surface area contributed by atoms with E-state index in [0.717, 1.165) is 18.7 Å². The van der Waals surface area contributed by atoms with Crippen LogP contribution in [0.5, 0.6) is 0 Å². The number of fused-ring (bicyclic) bond motifs is 1. The Balaban J connectivity index is 0.000000243. The molecule has 1 atom stereocenters. The summed E-state index contributed by atoms with van der Waals surface area (Å²) >= 11 is 0. The Labute approximate surface area is 201 Å². The average molecular weight is 505 g/mol. The smallest absolute Gasteiger partial charge is 0.294 e. The third-order valence-electron chi connectivity index (χ3n) is 6.09. The van der Waals surface area contributed by atoms with Crippen LogP contribution in [0.3, 0.4) is 0 Å². The number of nitrogens with one attached hydrogen (secondary N) is 2. The van der Waals surface area contributed by atoms with E-state index in [1.807, 2.05) is 4.90 Å². The quantitative estimate of drug-likeness (QED) is 0.415. The maximum atomic E-state index is 14.5. The van der Waals surface area contributed by atoms with E-state index in [1.165, 1.54) is 23.1 Å². The van der Waals surface area contributed by atoms with E-state index in [-0.39, 0.29) is 29.7 Å². The van der Waals surface area contributed by atoms with Crippen molar-refractivity contribution < 1.29 is 31.7 Å². The van der Waals surface area contributed by atoms with E-state index >= 15 is 0 Å². The zero-order chi connectivity index (χ0) is 25.2. The number of amides is 3. The molecule has 186 valence electrons. The predicted molar refractivity (Wildman–Crippen MR) is 124 cm³/mol. The van der Waals surface area contributed by atoms with Gasteiger partial charge in [-0.2, -0.15) is 8.42 Å². The molecule has 3 heterocycles. The van der Waals surface area contributed by atoms with Gasteiger partial charge in [-0.05, 0) is 36.2 Å². The zero-order valence-corrected chi connectivity index (χ0v) is 19.6. The van der Waals surface area contributed by atoms with Gasteiger partial charge < -0.3 is 15.1 Å². The first kappa shape index (κ1) is 24.8. The maximum absolute atomic E-state index is 14.5. The van der Waals surface area contributed by atoms with Crippen LogP contribution in [0.15, 0.2) is 47.4 Å².